The third-order valence-electron chi connectivity index (χ3n) is 4.76. The van der Waals surface area contributed by atoms with Crippen LogP contribution in [0.3, 0.4) is 0 Å². The summed E-state index contributed by atoms with van der Waals surface area (Å²) in [6.45, 7) is 11.3. The average molecular weight is 362 g/mol. The Morgan fingerprint density at radius 3 is 2.42 bits per heavy atom. The molecule has 0 aliphatic carbocycles. The Labute approximate surface area is 155 Å². The number of pyridine rings is 1. The third kappa shape index (κ3) is 5.59. The number of carbonyl (C=O) groups is 2. The van der Waals surface area contributed by atoms with Crippen LogP contribution in [-0.4, -0.2) is 61.1 Å². The Morgan fingerprint density at radius 2 is 1.88 bits per heavy atom. The van der Waals surface area contributed by atoms with E-state index in [9.17, 15) is 9.59 Å². The van der Waals surface area contributed by atoms with Gasteiger partial charge in [0.1, 0.15) is 5.82 Å². The fourth-order valence-corrected chi connectivity index (χ4v) is 2.63. The van der Waals surface area contributed by atoms with Gasteiger partial charge in [0.25, 0.3) is 0 Å². The summed E-state index contributed by atoms with van der Waals surface area (Å²) in [6.07, 6.45) is 1.79. The van der Waals surface area contributed by atoms with Crippen LogP contribution < -0.4 is 21.3 Å². The van der Waals surface area contributed by atoms with Crippen molar-refractivity contribution in [2.75, 3.05) is 44.2 Å². The quantitative estimate of drug-likeness (QED) is 0.657. The number of urea groups is 1. The van der Waals surface area contributed by atoms with Gasteiger partial charge in [-0.15, -0.1) is 0 Å². The molecule has 0 spiro atoms. The molecule has 0 saturated carbocycles. The van der Waals surface area contributed by atoms with Crippen LogP contribution in [0, 0.1) is 5.41 Å². The van der Waals surface area contributed by atoms with Gasteiger partial charge < -0.3 is 26.2 Å². The Morgan fingerprint density at radius 1 is 1.19 bits per heavy atom. The van der Waals surface area contributed by atoms with E-state index in [0.717, 1.165) is 44.1 Å². The summed E-state index contributed by atoms with van der Waals surface area (Å²) >= 11 is 0. The first kappa shape index (κ1) is 20.0. The molecular formula is C18H30N6O2. The van der Waals surface area contributed by atoms with Crippen molar-refractivity contribution >= 4 is 17.8 Å². The standard InChI is InChI=1S/C18H30N6O2/c1-4-23-7-9-24(10-8-23)15-6-5-14(11-20-15)12-21-17(26)22-13-18(2,3)16(19)25/h5-6,11H,4,7-10,12-13H2,1-3H3,(H2,19,25)(H2,21,22,26). The van der Waals surface area contributed by atoms with Crippen molar-refractivity contribution in [3.05, 3.63) is 23.9 Å². The van der Waals surface area contributed by atoms with Gasteiger partial charge in [0.05, 0.1) is 5.41 Å². The molecule has 8 heteroatoms. The van der Waals surface area contributed by atoms with Gasteiger partial charge in [0.2, 0.25) is 5.91 Å². The molecule has 1 aromatic heterocycles. The number of likely N-dealkylation sites (N-methyl/N-ethyl adjacent to an activating group) is 1. The molecule has 0 bridgehead atoms. The number of aromatic nitrogens is 1. The van der Waals surface area contributed by atoms with E-state index >= 15 is 0 Å². The fourth-order valence-electron chi connectivity index (χ4n) is 2.63. The Kier molecular flexibility index (Phi) is 6.79. The van der Waals surface area contributed by atoms with Crippen LogP contribution >= 0.6 is 0 Å². The summed E-state index contributed by atoms with van der Waals surface area (Å²) in [5, 5.41) is 5.42. The van der Waals surface area contributed by atoms with E-state index in [1.807, 2.05) is 12.1 Å². The minimum absolute atomic E-state index is 0.190. The second-order valence-electron chi connectivity index (χ2n) is 7.23. The summed E-state index contributed by atoms with van der Waals surface area (Å²) in [7, 11) is 0. The molecule has 4 N–H and O–H groups in total. The SMILES string of the molecule is CCN1CCN(c2ccc(CNC(=O)NCC(C)(C)C(N)=O)cn2)CC1. The topological polar surface area (TPSA) is 104 Å². The lowest BCUT2D eigenvalue weighted by Crippen LogP contribution is -2.46. The van der Waals surface area contributed by atoms with Crippen LogP contribution in [0.4, 0.5) is 10.6 Å². The largest absolute Gasteiger partial charge is 0.369 e. The highest BCUT2D eigenvalue weighted by atomic mass is 16.2. The van der Waals surface area contributed by atoms with E-state index < -0.39 is 11.3 Å². The number of nitrogens with zero attached hydrogens (tertiary/aromatic N) is 3. The van der Waals surface area contributed by atoms with Gasteiger partial charge in [-0.3, -0.25) is 4.79 Å². The van der Waals surface area contributed by atoms with E-state index in [4.69, 9.17) is 5.73 Å². The Balaban J connectivity index is 1.77. The molecule has 1 aromatic rings. The van der Waals surface area contributed by atoms with Gasteiger partial charge in [-0.25, -0.2) is 9.78 Å². The summed E-state index contributed by atoms with van der Waals surface area (Å²) in [6, 6.07) is 3.63. The highest BCUT2D eigenvalue weighted by molar-refractivity contribution is 5.81. The number of hydrogen-bond acceptors (Lipinski definition) is 5. The highest BCUT2D eigenvalue weighted by Gasteiger charge is 2.25. The molecule has 144 valence electrons. The molecule has 1 fully saturated rings. The minimum atomic E-state index is -0.775. The first-order valence-electron chi connectivity index (χ1n) is 9.05. The second-order valence-corrected chi connectivity index (χ2v) is 7.23. The molecule has 0 unspecified atom stereocenters. The number of carbonyl (C=O) groups excluding carboxylic acids is 2. The number of nitrogens with one attached hydrogen (secondary N) is 2. The molecule has 2 rings (SSSR count). The molecule has 0 aromatic carbocycles. The molecule has 2 heterocycles. The molecule has 1 aliphatic rings. The predicted molar refractivity (Wildman–Crippen MR) is 102 cm³/mol. The lowest BCUT2D eigenvalue weighted by atomic mass is 9.93. The van der Waals surface area contributed by atoms with E-state index in [1.54, 1.807) is 20.0 Å². The van der Waals surface area contributed by atoms with Gasteiger partial charge in [0.15, 0.2) is 0 Å². The smallest absolute Gasteiger partial charge is 0.315 e. The average Bonchev–Trinajstić information content (AvgIpc) is 2.65. The van der Waals surface area contributed by atoms with Gasteiger partial charge in [0, 0.05) is 45.5 Å². The van der Waals surface area contributed by atoms with Crippen molar-refractivity contribution in [2.45, 2.75) is 27.3 Å². The van der Waals surface area contributed by atoms with Crippen LogP contribution in [0.5, 0.6) is 0 Å². The van der Waals surface area contributed by atoms with Crippen LogP contribution in [0.25, 0.3) is 0 Å². The molecular weight excluding hydrogens is 332 g/mol. The van der Waals surface area contributed by atoms with Crippen LogP contribution in [0.15, 0.2) is 18.3 Å². The summed E-state index contributed by atoms with van der Waals surface area (Å²) < 4.78 is 0. The number of amides is 3. The summed E-state index contributed by atoms with van der Waals surface area (Å²) in [4.78, 5) is 32.3. The summed E-state index contributed by atoms with van der Waals surface area (Å²) in [5.74, 6) is 0.523. The zero-order valence-electron chi connectivity index (χ0n) is 15.9. The van der Waals surface area contributed by atoms with Gasteiger partial charge in [-0.1, -0.05) is 13.0 Å². The third-order valence-corrected chi connectivity index (χ3v) is 4.76. The molecule has 1 saturated heterocycles. The van der Waals surface area contributed by atoms with E-state index in [0.29, 0.717) is 6.54 Å². The van der Waals surface area contributed by atoms with Crippen LogP contribution in [-0.2, 0) is 11.3 Å². The Hall–Kier alpha value is -2.35. The maximum Gasteiger partial charge on any atom is 0.315 e. The number of nitrogens with two attached hydrogens (primary N) is 1. The molecule has 26 heavy (non-hydrogen) atoms. The van der Waals surface area contributed by atoms with Crippen molar-refractivity contribution in [1.29, 1.82) is 0 Å². The Bertz CT molecular complexity index is 609. The number of hydrogen-bond donors (Lipinski definition) is 3. The van der Waals surface area contributed by atoms with Gasteiger partial charge in [-0.2, -0.15) is 0 Å². The first-order valence-corrected chi connectivity index (χ1v) is 9.05. The number of anilines is 1. The zero-order chi connectivity index (χ0) is 19.2. The molecule has 3 amide bonds. The number of piperazine rings is 1. The maximum absolute atomic E-state index is 11.9. The minimum Gasteiger partial charge on any atom is -0.369 e. The van der Waals surface area contributed by atoms with E-state index in [1.165, 1.54) is 0 Å². The monoisotopic (exact) mass is 362 g/mol. The van der Waals surface area contributed by atoms with E-state index in [2.05, 4.69) is 32.3 Å². The molecule has 1 aliphatic heterocycles. The predicted octanol–water partition coefficient (Wildman–Crippen LogP) is 0.534. The summed E-state index contributed by atoms with van der Waals surface area (Å²) in [5.41, 5.74) is 5.43. The highest BCUT2D eigenvalue weighted by Crippen LogP contribution is 2.14. The number of rotatable bonds is 7. The molecule has 8 nitrogen and oxygen atoms in total. The first-order chi connectivity index (χ1) is 12.3. The van der Waals surface area contributed by atoms with Crippen molar-refractivity contribution in [1.82, 2.24) is 20.5 Å². The second kappa shape index (κ2) is 8.84. The van der Waals surface area contributed by atoms with Crippen LogP contribution in [0.1, 0.15) is 26.3 Å². The van der Waals surface area contributed by atoms with Crippen molar-refractivity contribution in [2.24, 2.45) is 11.1 Å². The fraction of sp³-hybridized carbons (Fsp3) is 0.611. The van der Waals surface area contributed by atoms with Gasteiger partial charge in [-0.05, 0) is 32.0 Å². The molecule has 0 radical (unpaired) electrons. The molecule has 0 atom stereocenters. The van der Waals surface area contributed by atoms with E-state index in [-0.39, 0.29) is 12.6 Å². The van der Waals surface area contributed by atoms with Crippen molar-refractivity contribution in [3.63, 3.8) is 0 Å². The lowest BCUT2D eigenvalue weighted by Gasteiger charge is -2.34. The number of primary amides is 1. The zero-order valence-corrected chi connectivity index (χ0v) is 15.9. The van der Waals surface area contributed by atoms with Gasteiger partial charge >= 0.3 is 6.03 Å². The van der Waals surface area contributed by atoms with Crippen LogP contribution in [0.2, 0.25) is 0 Å². The maximum atomic E-state index is 11.9. The lowest BCUT2D eigenvalue weighted by molar-refractivity contribution is -0.125. The van der Waals surface area contributed by atoms with Crippen molar-refractivity contribution in [3.8, 4) is 0 Å². The van der Waals surface area contributed by atoms with Crippen molar-refractivity contribution < 1.29 is 9.59 Å². The normalized spacial score (nSPS) is 15.6.